The first-order valence-corrected chi connectivity index (χ1v) is 6.70. The van der Waals surface area contributed by atoms with Crippen LogP contribution in [0.25, 0.3) is 0 Å². The van der Waals surface area contributed by atoms with Gasteiger partial charge < -0.3 is 14.1 Å². The number of rotatable bonds is 5. The van der Waals surface area contributed by atoms with Crippen LogP contribution in [-0.4, -0.2) is 24.5 Å². The number of halogens is 2. The summed E-state index contributed by atoms with van der Waals surface area (Å²) in [6, 6.07) is 7.93. The van der Waals surface area contributed by atoms with Crippen LogP contribution in [-0.2, 0) is 11.3 Å². The molecule has 0 aliphatic carbocycles. The summed E-state index contributed by atoms with van der Waals surface area (Å²) in [5.74, 6) is -0.0480. The van der Waals surface area contributed by atoms with E-state index in [1.807, 2.05) is 0 Å². The van der Waals surface area contributed by atoms with Gasteiger partial charge in [0.05, 0.1) is 12.8 Å². The molecule has 0 bridgehead atoms. The Morgan fingerprint density at radius 2 is 2.25 bits per heavy atom. The van der Waals surface area contributed by atoms with Crippen LogP contribution in [0.2, 0.25) is 0 Å². The molecule has 0 atom stereocenters. The Morgan fingerprint density at radius 1 is 1.45 bits per heavy atom. The van der Waals surface area contributed by atoms with Crippen LogP contribution >= 0.6 is 15.9 Å². The molecule has 2 aromatic rings. The molecule has 0 aliphatic heterocycles. The van der Waals surface area contributed by atoms with Gasteiger partial charge in [-0.1, -0.05) is 15.9 Å². The molecule has 1 aromatic carbocycles. The highest BCUT2D eigenvalue weighted by atomic mass is 79.9. The van der Waals surface area contributed by atoms with Crippen molar-refractivity contribution in [3.63, 3.8) is 0 Å². The largest absolute Gasteiger partial charge is 0.481 e. The lowest BCUT2D eigenvalue weighted by atomic mass is 10.3. The zero-order valence-corrected chi connectivity index (χ0v) is 12.4. The number of hydrogen-bond donors (Lipinski definition) is 0. The van der Waals surface area contributed by atoms with Crippen molar-refractivity contribution in [1.29, 1.82) is 0 Å². The second kappa shape index (κ2) is 6.56. The van der Waals surface area contributed by atoms with Crippen LogP contribution in [0.15, 0.2) is 45.5 Å². The second-order valence-corrected chi connectivity index (χ2v) is 5.11. The molecule has 4 nitrogen and oxygen atoms in total. The zero-order valence-electron chi connectivity index (χ0n) is 10.8. The average Bonchev–Trinajstić information content (AvgIpc) is 2.90. The molecule has 2 rings (SSSR count). The van der Waals surface area contributed by atoms with Gasteiger partial charge >= 0.3 is 0 Å². The van der Waals surface area contributed by atoms with Crippen molar-refractivity contribution in [2.75, 3.05) is 13.7 Å². The first kappa shape index (κ1) is 14.6. The molecule has 0 radical (unpaired) electrons. The zero-order chi connectivity index (χ0) is 14.5. The van der Waals surface area contributed by atoms with Gasteiger partial charge in [-0.05, 0) is 30.3 Å². The van der Waals surface area contributed by atoms with Crippen molar-refractivity contribution in [2.45, 2.75) is 6.54 Å². The van der Waals surface area contributed by atoms with E-state index in [0.717, 1.165) is 0 Å². The highest BCUT2D eigenvalue weighted by molar-refractivity contribution is 9.10. The van der Waals surface area contributed by atoms with E-state index in [-0.39, 0.29) is 18.3 Å². The fourth-order valence-electron chi connectivity index (χ4n) is 1.57. The van der Waals surface area contributed by atoms with Crippen molar-refractivity contribution >= 4 is 21.8 Å². The number of benzene rings is 1. The molecule has 1 aromatic heterocycles. The van der Waals surface area contributed by atoms with Crippen LogP contribution in [0.1, 0.15) is 5.76 Å². The third-order valence-corrected chi connectivity index (χ3v) is 3.14. The molecule has 0 aliphatic rings. The van der Waals surface area contributed by atoms with Crippen molar-refractivity contribution < 1.29 is 18.3 Å². The number of ether oxygens (including phenoxy) is 1. The van der Waals surface area contributed by atoms with E-state index in [2.05, 4.69) is 15.9 Å². The van der Waals surface area contributed by atoms with E-state index < -0.39 is 5.82 Å². The molecule has 20 heavy (non-hydrogen) atoms. The smallest absolute Gasteiger partial charge is 0.260 e. The predicted octanol–water partition coefficient (Wildman–Crippen LogP) is 3.22. The summed E-state index contributed by atoms with van der Waals surface area (Å²) in [5.41, 5.74) is 0. The Morgan fingerprint density at radius 3 is 2.90 bits per heavy atom. The van der Waals surface area contributed by atoms with Crippen LogP contribution in [0, 0.1) is 5.82 Å². The van der Waals surface area contributed by atoms with Gasteiger partial charge in [-0.2, -0.15) is 0 Å². The molecule has 0 saturated carbocycles. The Balaban J connectivity index is 1.88. The second-order valence-electron chi connectivity index (χ2n) is 4.19. The summed E-state index contributed by atoms with van der Waals surface area (Å²) in [5, 5.41) is 0. The topological polar surface area (TPSA) is 42.7 Å². The first-order chi connectivity index (χ1) is 9.56. The summed E-state index contributed by atoms with van der Waals surface area (Å²) < 4.78 is 24.5. The molecule has 0 spiro atoms. The van der Waals surface area contributed by atoms with Gasteiger partial charge in [0.15, 0.2) is 18.2 Å². The Hall–Kier alpha value is -1.82. The minimum Gasteiger partial charge on any atom is -0.481 e. The van der Waals surface area contributed by atoms with Crippen molar-refractivity contribution in [3.8, 4) is 5.75 Å². The van der Waals surface area contributed by atoms with E-state index in [0.29, 0.717) is 16.8 Å². The SMILES string of the molecule is CN(Cc1ccco1)C(=O)COc1ccc(Br)cc1F. The van der Waals surface area contributed by atoms with Crippen molar-refractivity contribution in [3.05, 3.63) is 52.6 Å². The van der Waals surface area contributed by atoms with E-state index in [4.69, 9.17) is 9.15 Å². The molecule has 0 fully saturated rings. The predicted molar refractivity (Wildman–Crippen MR) is 74.8 cm³/mol. The minimum absolute atomic E-state index is 0.0490. The standard InChI is InChI=1S/C14H13BrFNO3/c1-17(8-11-3-2-6-19-11)14(18)9-20-13-5-4-10(15)7-12(13)16/h2-7H,8-9H2,1H3. The summed E-state index contributed by atoms with van der Waals surface area (Å²) in [6.07, 6.45) is 1.54. The van der Waals surface area contributed by atoms with E-state index in [9.17, 15) is 9.18 Å². The van der Waals surface area contributed by atoms with Gasteiger partial charge in [0.1, 0.15) is 5.76 Å². The first-order valence-electron chi connectivity index (χ1n) is 5.90. The molecule has 1 amide bonds. The molecule has 6 heteroatoms. The van der Waals surface area contributed by atoms with Gasteiger partial charge in [-0.3, -0.25) is 4.79 Å². The van der Waals surface area contributed by atoms with Gasteiger partial charge in [0.2, 0.25) is 0 Å². The van der Waals surface area contributed by atoms with Crippen molar-refractivity contribution in [2.24, 2.45) is 0 Å². The molecular weight excluding hydrogens is 329 g/mol. The lowest BCUT2D eigenvalue weighted by molar-refractivity contribution is -0.132. The van der Waals surface area contributed by atoms with Gasteiger partial charge in [-0.25, -0.2) is 4.39 Å². The van der Waals surface area contributed by atoms with Gasteiger partial charge in [0, 0.05) is 11.5 Å². The lowest BCUT2D eigenvalue weighted by Gasteiger charge is -2.16. The Bertz CT molecular complexity index is 586. The molecular formula is C14H13BrFNO3. The maximum atomic E-state index is 13.5. The van der Waals surface area contributed by atoms with E-state index in [1.165, 1.54) is 17.0 Å². The number of carbonyl (C=O) groups is 1. The number of nitrogens with zero attached hydrogens (tertiary/aromatic N) is 1. The van der Waals surface area contributed by atoms with Crippen LogP contribution in [0.5, 0.6) is 5.75 Å². The number of amides is 1. The normalized spacial score (nSPS) is 10.3. The number of furan rings is 1. The summed E-state index contributed by atoms with van der Waals surface area (Å²) in [6.45, 7) is 0.119. The third-order valence-electron chi connectivity index (χ3n) is 2.64. The lowest BCUT2D eigenvalue weighted by Crippen LogP contribution is -2.30. The maximum absolute atomic E-state index is 13.5. The number of carbonyl (C=O) groups excluding carboxylic acids is 1. The van der Waals surface area contributed by atoms with Gasteiger partial charge in [0.25, 0.3) is 5.91 Å². The molecule has 106 valence electrons. The monoisotopic (exact) mass is 341 g/mol. The average molecular weight is 342 g/mol. The van der Waals surface area contributed by atoms with Crippen LogP contribution < -0.4 is 4.74 Å². The Kier molecular flexibility index (Phi) is 4.79. The number of likely N-dealkylation sites (N-methyl/N-ethyl adjacent to an activating group) is 1. The van der Waals surface area contributed by atoms with Crippen LogP contribution in [0.4, 0.5) is 4.39 Å². The fraction of sp³-hybridized carbons (Fsp3) is 0.214. The summed E-state index contributed by atoms with van der Waals surface area (Å²) in [4.78, 5) is 13.3. The highest BCUT2D eigenvalue weighted by Gasteiger charge is 2.13. The fourth-order valence-corrected chi connectivity index (χ4v) is 1.90. The summed E-state index contributed by atoms with van der Waals surface area (Å²) >= 11 is 3.15. The van der Waals surface area contributed by atoms with Crippen molar-refractivity contribution in [1.82, 2.24) is 4.90 Å². The molecule has 0 unspecified atom stereocenters. The Labute approximate surface area is 124 Å². The molecule has 1 heterocycles. The maximum Gasteiger partial charge on any atom is 0.260 e. The molecule has 0 saturated heterocycles. The highest BCUT2D eigenvalue weighted by Crippen LogP contribution is 2.21. The number of hydrogen-bond acceptors (Lipinski definition) is 3. The summed E-state index contributed by atoms with van der Waals surface area (Å²) in [7, 11) is 1.63. The molecule has 0 N–H and O–H groups in total. The minimum atomic E-state index is -0.513. The van der Waals surface area contributed by atoms with Crippen LogP contribution in [0.3, 0.4) is 0 Å². The quantitative estimate of drug-likeness (QED) is 0.838. The third kappa shape index (κ3) is 3.84. The van der Waals surface area contributed by atoms with E-state index >= 15 is 0 Å². The van der Waals surface area contributed by atoms with Gasteiger partial charge in [-0.15, -0.1) is 0 Å². The van der Waals surface area contributed by atoms with E-state index in [1.54, 1.807) is 31.5 Å².